The van der Waals surface area contributed by atoms with Crippen LogP contribution in [0.5, 0.6) is 0 Å². The highest BCUT2D eigenvalue weighted by atomic mass is 16.5. The first-order valence-corrected chi connectivity index (χ1v) is 8.23. The van der Waals surface area contributed by atoms with E-state index < -0.39 is 5.54 Å². The summed E-state index contributed by atoms with van der Waals surface area (Å²) in [5.41, 5.74) is -0.567. The third-order valence-electron chi connectivity index (χ3n) is 5.33. The van der Waals surface area contributed by atoms with Crippen LogP contribution in [0.25, 0.3) is 0 Å². The molecule has 3 aliphatic rings. The number of ether oxygens (including phenoxy) is 1. The molecule has 0 unspecified atom stereocenters. The molecule has 0 radical (unpaired) electrons. The monoisotopic (exact) mass is 280 g/mol. The van der Waals surface area contributed by atoms with Crippen LogP contribution in [0.4, 0.5) is 0 Å². The Morgan fingerprint density at radius 1 is 1.20 bits per heavy atom. The van der Waals surface area contributed by atoms with Crippen molar-refractivity contribution < 1.29 is 9.53 Å². The largest absolute Gasteiger partial charge is 0.381 e. The van der Waals surface area contributed by atoms with E-state index >= 15 is 0 Å². The summed E-state index contributed by atoms with van der Waals surface area (Å²) in [5.74, 6) is 0.980. The van der Waals surface area contributed by atoms with E-state index in [2.05, 4.69) is 10.2 Å². The van der Waals surface area contributed by atoms with Gasteiger partial charge in [-0.1, -0.05) is 19.3 Å². The second-order valence-corrected chi connectivity index (χ2v) is 7.31. The number of carbonyl (C=O) groups is 1. The Balaban J connectivity index is 1.78. The van der Waals surface area contributed by atoms with Crippen molar-refractivity contribution in [2.75, 3.05) is 19.8 Å². The van der Waals surface area contributed by atoms with E-state index in [4.69, 9.17) is 4.74 Å². The molecule has 20 heavy (non-hydrogen) atoms. The lowest BCUT2D eigenvalue weighted by Gasteiger charge is -2.43. The molecule has 0 aromatic carbocycles. The number of nitrogens with zero attached hydrogens (tertiary/aromatic N) is 1. The maximum atomic E-state index is 12.8. The van der Waals surface area contributed by atoms with Crippen LogP contribution in [0.3, 0.4) is 0 Å². The zero-order chi connectivity index (χ0) is 14.2. The molecule has 0 atom stereocenters. The average molecular weight is 280 g/mol. The van der Waals surface area contributed by atoms with Crippen molar-refractivity contribution in [1.29, 1.82) is 0 Å². The SMILES string of the molecule is CC1(C)NC2(CCOCC2)N(CC2CCCCC2)C1=O. The van der Waals surface area contributed by atoms with E-state index in [-0.39, 0.29) is 11.6 Å². The molecule has 4 nitrogen and oxygen atoms in total. The van der Waals surface area contributed by atoms with Crippen molar-refractivity contribution >= 4 is 5.91 Å². The summed E-state index contributed by atoms with van der Waals surface area (Å²) in [6.07, 6.45) is 8.46. The fourth-order valence-electron chi connectivity index (χ4n) is 4.22. The summed E-state index contributed by atoms with van der Waals surface area (Å²) in [6, 6.07) is 0. The molecule has 0 aromatic rings. The van der Waals surface area contributed by atoms with Crippen LogP contribution in [0, 0.1) is 5.92 Å². The lowest BCUT2D eigenvalue weighted by atomic mass is 9.87. The molecule has 2 aliphatic heterocycles. The maximum absolute atomic E-state index is 12.8. The summed E-state index contributed by atoms with van der Waals surface area (Å²) in [5, 5.41) is 3.63. The third-order valence-corrected chi connectivity index (χ3v) is 5.33. The number of hydrogen-bond donors (Lipinski definition) is 1. The Kier molecular flexibility index (Phi) is 3.80. The second kappa shape index (κ2) is 5.30. The van der Waals surface area contributed by atoms with Gasteiger partial charge >= 0.3 is 0 Å². The molecule has 2 heterocycles. The van der Waals surface area contributed by atoms with Gasteiger partial charge in [-0.15, -0.1) is 0 Å². The first-order chi connectivity index (χ1) is 9.54. The van der Waals surface area contributed by atoms with Crippen molar-refractivity contribution in [2.45, 2.75) is 70.0 Å². The van der Waals surface area contributed by atoms with Gasteiger partial charge in [0.1, 0.15) is 0 Å². The highest BCUT2D eigenvalue weighted by molar-refractivity contribution is 5.88. The standard InChI is InChI=1S/C16H28N2O2/c1-15(2)14(19)18(12-13-6-4-3-5-7-13)16(17-15)8-10-20-11-9-16/h13,17H,3-12H2,1-2H3. The van der Waals surface area contributed by atoms with Gasteiger partial charge in [0, 0.05) is 19.4 Å². The fraction of sp³-hybridized carbons (Fsp3) is 0.938. The van der Waals surface area contributed by atoms with E-state index in [0.29, 0.717) is 5.92 Å². The van der Waals surface area contributed by atoms with Gasteiger partial charge in [0.2, 0.25) is 5.91 Å². The Bertz CT molecular complexity index is 369. The predicted molar refractivity (Wildman–Crippen MR) is 78.3 cm³/mol. The van der Waals surface area contributed by atoms with Gasteiger partial charge in [-0.2, -0.15) is 0 Å². The minimum absolute atomic E-state index is 0.143. The lowest BCUT2D eigenvalue weighted by molar-refractivity contribution is -0.137. The molecule has 1 spiro atoms. The fourth-order valence-corrected chi connectivity index (χ4v) is 4.22. The van der Waals surface area contributed by atoms with Gasteiger partial charge in [-0.25, -0.2) is 0 Å². The third kappa shape index (κ3) is 2.48. The Hall–Kier alpha value is -0.610. The number of carbonyl (C=O) groups excluding carboxylic acids is 1. The molecular weight excluding hydrogens is 252 g/mol. The predicted octanol–water partition coefficient (Wildman–Crippen LogP) is 2.28. The van der Waals surface area contributed by atoms with Crippen LogP contribution >= 0.6 is 0 Å². The normalized spacial score (nSPS) is 30.1. The van der Waals surface area contributed by atoms with Crippen LogP contribution < -0.4 is 5.32 Å². The van der Waals surface area contributed by atoms with E-state index in [1.165, 1.54) is 32.1 Å². The molecule has 3 rings (SSSR count). The first-order valence-electron chi connectivity index (χ1n) is 8.23. The smallest absolute Gasteiger partial charge is 0.243 e. The van der Waals surface area contributed by atoms with Crippen molar-refractivity contribution in [3.8, 4) is 0 Å². The second-order valence-electron chi connectivity index (χ2n) is 7.31. The van der Waals surface area contributed by atoms with E-state index in [9.17, 15) is 4.79 Å². The molecule has 1 aliphatic carbocycles. The minimum Gasteiger partial charge on any atom is -0.381 e. The van der Waals surface area contributed by atoms with E-state index in [0.717, 1.165) is 32.6 Å². The molecule has 1 saturated carbocycles. The number of nitrogens with one attached hydrogen (secondary N) is 1. The molecular formula is C16H28N2O2. The number of rotatable bonds is 2. The summed E-state index contributed by atoms with van der Waals surface area (Å²) in [6.45, 7) is 6.51. The summed E-state index contributed by atoms with van der Waals surface area (Å²) in [4.78, 5) is 15.0. The highest BCUT2D eigenvalue weighted by Gasteiger charge is 2.54. The van der Waals surface area contributed by atoms with Gasteiger partial charge in [0.05, 0.1) is 24.4 Å². The molecule has 1 amide bonds. The summed E-state index contributed by atoms with van der Waals surface area (Å²) >= 11 is 0. The first kappa shape index (κ1) is 14.3. The minimum atomic E-state index is -0.425. The van der Waals surface area contributed by atoms with Crippen molar-refractivity contribution in [2.24, 2.45) is 5.92 Å². The lowest BCUT2D eigenvalue weighted by Crippen LogP contribution is -2.57. The molecule has 0 bridgehead atoms. The van der Waals surface area contributed by atoms with Gasteiger partial charge in [0.15, 0.2) is 0 Å². The van der Waals surface area contributed by atoms with Gasteiger partial charge in [-0.05, 0) is 32.6 Å². The van der Waals surface area contributed by atoms with Crippen molar-refractivity contribution in [1.82, 2.24) is 10.2 Å². The molecule has 2 saturated heterocycles. The number of hydrogen-bond acceptors (Lipinski definition) is 3. The van der Waals surface area contributed by atoms with Crippen LogP contribution in [0.1, 0.15) is 58.8 Å². The molecule has 1 N–H and O–H groups in total. The van der Waals surface area contributed by atoms with Crippen LogP contribution in [0.15, 0.2) is 0 Å². The zero-order valence-corrected chi connectivity index (χ0v) is 12.9. The molecule has 114 valence electrons. The topological polar surface area (TPSA) is 41.6 Å². The van der Waals surface area contributed by atoms with Gasteiger partial charge in [0.25, 0.3) is 0 Å². The van der Waals surface area contributed by atoms with E-state index in [1.807, 2.05) is 13.8 Å². The van der Waals surface area contributed by atoms with Gasteiger partial charge in [-0.3, -0.25) is 10.1 Å². The highest BCUT2D eigenvalue weighted by Crippen LogP contribution is 2.37. The van der Waals surface area contributed by atoms with Crippen molar-refractivity contribution in [3.05, 3.63) is 0 Å². The van der Waals surface area contributed by atoms with Crippen LogP contribution in [-0.2, 0) is 9.53 Å². The maximum Gasteiger partial charge on any atom is 0.243 e. The Morgan fingerprint density at radius 2 is 1.85 bits per heavy atom. The Labute approximate surface area is 122 Å². The quantitative estimate of drug-likeness (QED) is 0.844. The van der Waals surface area contributed by atoms with Gasteiger partial charge < -0.3 is 9.64 Å². The van der Waals surface area contributed by atoms with Crippen LogP contribution in [0.2, 0.25) is 0 Å². The van der Waals surface area contributed by atoms with E-state index in [1.54, 1.807) is 0 Å². The molecule has 3 fully saturated rings. The summed E-state index contributed by atoms with van der Waals surface area (Å²) < 4.78 is 5.52. The van der Waals surface area contributed by atoms with Crippen molar-refractivity contribution in [3.63, 3.8) is 0 Å². The summed E-state index contributed by atoms with van der Waals surface area (Å²) in [7, 11) is 0. The average Bonchev–Trinajstić information content (AvgIpc) is 2.61. The van der Waals surface area contributed by atoms with Crippen LogP contribution in [-0.4, -0.2) is 41.8 Å². The Morgan fingerprint density at radius 3 is 2.50 bits per heavy atom. The molecule has 0 aromatic heterocycles. The number of amides is 1. The zero-order valence-electron chi connectivity index (χ0n) is 12.9. The molecule has 4 heteroatoms.